The Labute approximate surface area is 182 Å². The molecule has 0 saturated carbocycles. The molecule has 5 nitrogen and oxygen atoms in total. The molecule has 1 aromatic carbocycles. The predicted octanol–water partition coefficient (Wildman–Crippen LogP) is 4.32. The quantitative estimate of drug-likeness (QED) is 0.714. The summed E-state index contributed by atoms with van der Waals surface area (Å²) < 4.78 is 18.8. The van der Waals surface area contributed by atoms with Gasteiger partial charge in [-0.05, 0) is 77.3 Å². The largest absolute Gasteiger partial charge is 0.491 e. The van der Waals surface area contributed by atoms with Crippen molar-refractivity contribution < 1.29 is 14.2 Å². The van der Waals surface area contributed by atoms with Gasteiger partial charge >= 0.3 is 0 Å². The van der Waals surface area contributed by atoms with E-state index in [4.69, 9.17) is 14.2 Å². The molecule has 1 spiro atoms. The number of hydrogen-bond acceptors (Lipinski definition) is 5. The number of nitrogens with zero attached hydrogens (tertiary/aromatic N) is 2. The molecule has 1 atom stereocenters. The monoisotopic (exact) mass is 416 g/mol. The van der Waals surface area contributed by atoms with E-state index in [1.165, 1.54) is 11.1 Å². The molecule has 168 valence electrons. The van der Waals surface area contributed by atoms with Crippen LogP contribution in [0, 0.1) is 6.92 Å². The zero-order chi connectivity index (χ0) is 21.6. The molecule has 3 heterocycles. The highest BCUT2D eigenvalue weighted by molar-refractivity contribution is 5.39. The Hall–Kier alpha value is -1.14. The van der Waals surface area contributed by atoms with Gasteiger partial charge < -0.3 is 14.2 Å². The van der Waals surface area contributed by atoms with Crippen LogP contribution in [0.5, 0.6) is 5.75 Å². The van der Waals surface area contributed by atoms with E-state index in [0.717, 1.165) is 64.4 Å². The molecule has 3 aliphatic rings. The molecule has 3 saturated heterocycles. The number of likely N-dealkylation sites (tertiary alicyclic amines) is 1. The van der Waals surface area contributed by atoms with Crippen molar-refractivity contribution in [1.82, 2.24) is 9.80 Å². The van der Waals surface area contributed by atoms with Gasteiger partial charge in [-0.3, -0.25) is 9.80 Å². The molecule has 3 fully saturated rings. The fraction of sp³-hybridized carbons (Fsp3) is 0.760. The zero-order valence-electron chi connectivity index (χ0n) is 19.8. The fourth-order valence-electron chi connectivity index (χ4n) is 5.38. The van der Waals surface area contributed by atoms with E-state index >= 15 is 0 Å². The van der Waals surface area contributed by atoms with Crippen LogP contribution >= 0.6 is 0 Å². The number of piperidine rings is 1. The molecule has 0 aromatic heterocycles. The van der Waals surface area contributed by atoms with Crippen LogP contribution in [0.1, 0.15) is 65.0 Å². The molecule has 0 aliphatic carbocycles. The second-order valence-electron chi connectivity index (χ2n) is 10.3. The van der Waals surface area contributed by atoms with Gasteiger partial charge in [-0.15, -0.1) is 0 Å². The number of ether oxygens (including phenoxy) is 3. The summed E-state index contributed by atoms with van der Waals surface area (Å²) in [6.07, 6.45) is 3.37. The van der Waals surface area contributed by atoms with Crippen molar-refractivity contribution in [2.75, 3.05) is 39.4 Å². The standard InChI is InChI=1S/C25H40N2O3/c1-7-26-17-24(29-18-23(26,5)6)10-13-27(14-11-24)25(12-15-28-25)21-8-9-22(20(4)16-21)30-19(2)3/h8-9,16,19H,7,10-15,17-18H2,1-6H3. The lowest BCUT2D eigenvalue weighted by Gasteiger charge is -2.57. The first-order chi connectivity index (χ1) is 14.2. The zero-order valence-corrected chi connectivity index (χ0v) is 19.8. The Morgan fingerprint density at radius 2 is 1.80 bits per heavy atom. The molecule has 1 unspecified atom stereocenters. The van der Waals surface area contributed by atoms with E-state index in [0.29, 0.717) is 0 Å². The molecule has 30 heavy (non-hydrogen) atoms. The van der Waals surface area contributed by atoms with Gasteiger partial charge in [0.2, 0.25) is 0 Å². The van der Waals surface area contributed by atoms with Crippen molar-refractivity contribution in [3.05, 3.63) is 29.3 Å². The van der Waals surface area contributed by atoms with Gasteiger partial charge in [0, 0.05) is 31.6 Å². The maximum absolute atomic E-state index is 6.52. The summed E-state index contributed by atoms with van der Waals surface area (Å²) in [4.78, 5) is 5.15. The Morgan fingerprint density at radius 3 is 2.33 bits per heavy atom. The minimum Gasteiger partial charge on any atom is -0.491 e. The minimum absolute atomic E-state index is 0.00214. The topological polar surface area (TPSA) is 34.2 Å². The van der Waals surface area contributed by atoms with Gasteiger partial charge in [0.25, 0.3) is 0 Å². The minimum atomic E-state index is -0.277. The van der Waals surface area contributed by atoms with Crippen molar-refractivity contribution in [2.24, 2.45) is 0 Å². The number of hydrogen-bond donors (Lipinski definition) is 0. The highest BCUT2D eigenvalue weighted by Crippen LogP contribution is 2.45. The van der Waals surface area contributed by atoms with Crippen LogP contribution in [0.4, 0.5) is 0 Å². The Morgan fingerprint density at radius 1 is 1.10 bits per heavy atom. The molecule has 0 N–H and O–H groups in total. The van der Waals surface area contributed by atoms with E-state index in [-0.39, 0.29) is 23.0 Å². The van der Waals surface area contributed by atoms with E-state index in [9.17, 15) is 0 Å². The summed E-state index contributed by atoms with van der Waals surface area (Å²) in [7, 11) is 0. The van der Waals surface area contributed by atoms with Crippen LogP contribution in [0.15, 0.2) is 18.2 Å². The normalized spacial score (nSPS) is 29.2. The SMILES string of the molecule is CCN1CC2(CCN(C3(c4ccc(OC(C)C)c(C)c4)CCO3)CC2)OCC1(C)C. The maximum Gasteiger partial charge on any atom is 0.150 e. The Balaban J connectivity index is 1.48. The third-order valence-electron chi connectivity index (χ3n) is 7.40. The van der Waals surface area contributed by atoms with E-state index in [1.54, 1.807) is 0 Å². The summed E-state index contributed by atoms with van der Waals surface area (Å²) in [6, 6.07) is 6.58. The van der Waals surface area contributed by atoms with Crippen LogP contribution in [-0.4, -0.2) is 66.4 Å². The molecular formula is C25H40N2O3. The second-order valence-corrected chi connectivity index (χ2v) is 10.3. The van der Waals surface area contributed by atoms with Crippen LogP contribution in [-0.2, 0) is 15.2 Å². The van der Waals surface area contributed by atoms with Crippen LogP contribution in [0.25, 0.3) is 0 Å². The summed E-state index contributed by atoms with van der Waals surface area (Å²) >= 11 is 0. The molecule has 3 aliphatic heterocycles. The molecule has 0 radical (unpaired) electrons. The maximum atomic E-state index is 6.52. The van der Waals surface area contributed by atoms with E-state index in [1.807, 2.05) is 0 Å². The van der Waals surface area contributed by atoms with Gasteiger partial charge in [-0.25, -0.2) is 0 Å². The first kappa shape index (κ1) is 22.1. The first-order valence-corrected chi connectivity index (χ1v) is 11.8. The summed E-state index contributed by atoms with van der Waals surface area (Å²) in [5, 5.41) is 0. The number of rotatable bonds is 5. The molecule has 0 amide bonds. The summed E-state index contributed by atoms with van der Waals surface area (Å²) in [5.74, 6) is 0.971. The van der Waals surface area contributed by atoms with E-state index in [2.05, 4.69) is 69.5 Å². The van der Waals surface area contributed by atoms with Gasteiger partial charge in [0.1, 0.15) is 11.5 Å². The fourth-order valence-corrected chi connectivity index (χ4v) is 5.38. The van der Waals surface area contributed by atoms with Gasteiger partial charge in [-0.1, -0.05) is 13.0 Å². The number of likely N-dealkylation sites (N-methyl/N-ethyl adjacent to an activating group) is 1. The number of morpholine rings is 1. The van der Waals surface area contributed by atoms with Gasteiger partial charge in [0.05, 0.1) is 24.9 Å². The third-order valence-corrected chi connectivity index (χ3v) is 7.40. The van der Waals surface area contributed by atoms with Crippen molar-refractivity contribution in [1.29, 1.82) is 0 Å². The van der Waals surface area contributed by atoms with Crippen LogP contribution in [0.3, 0.4) is 0 Å². The van der Waals surface area contributed by atoms with Gasteiger partial charge in [0.15, 0.2) is 0 Å². The van der Waals surface area contributed by atoms with E-state index < -0.39 is 0 Å². The van der Waals surface area contributed by atoms with Crippen molar-refractivity contribution in [2.45, 2.75) is 83.8 Å². The third kappa shape index (κ3) is 3.90. The summed E-state index contributed by atoms with van der Waals surface area (Å²) in [6.45, 7) is 18.9. The van der Waals surface area contributed by atoms with Crippen molar-refractivity contribution in [3.8, 4) is 5.75 Å². The Kier molecular flexibility index (Phi) is 5.95. The first-order valence-electron chi connectivity index (χ1n) is 11.8. The predicted molar refractivity (Wildman–Crippen MR) is 120 cm³/mol. The molecule has 0 bridgehead atoms. The van der Waals surface area contributed by atoms with Crippen LogP contribution in [0.2, 0.25) is 0 Å². The highest BCUT2D eigenvalue weighted by atomic mass is 16.5. The second kappa shape index (κ2) is 8.09. The summed E-state index contributed by atoms with van der Waals surface area (Å²) in [5.41, 5.74) is 2.30. The van der Waals surface area contributed by atoms with Crippen molar-refractivity contribution >= 4 is 0 Å². The lowest BCUT2D eigenvalue weighted by atomic mass is 9.83. The molecule has 4 rings (SSSR count). The van der Waals surface area contributed by atoms with Crippen LogP contribution < -0.4 is 4.74 Å². The number of benzene rings is 1. The van der Waals surface area contributed by atoms with Crippen molar-refractivity contribution in [3.63, 3.8) is 0 Å². The average Bonchev–Trinajstić information content (AvgIpc) is 2.66. The average molecular weight is 417 g/mol. The van der Waals surface area contributed by atoms with Gasteiger partial charge in [-0.2, -0.15) is 0 Å². The molecule has 1 aromatic rings. The smallest absolute Gasteiger partial charge is 0.150 e. The lowest BCUT2D eigenvalue weighted by Crippen LogP contribution is -2.66. The Bertz CT molecular complexity index is 749. The highest BCUT2D eigenvalue weighted by Gasteiger charge is 2.51. The molecular weight excluding hydrogens is 376 g/mol. The number of aryl methyl sites for hydroxylation is 1. The lowest BCUT2D eigenvalue weighted by molar-refractivity contribution is -0.268. The molecule has 5 heteroatoms.